The van der Waals surface area contributed by atoms with Gasteiger partial charge in [-0.25, -0.2) is 4.79 Å². The standard InChI is InChI=1S/C17H28N4O5/c1-24-10-15(22)19-8-14-9-26-7-4-21(14)17(11-19)12-20(13-17)16(23)18-2-5-25-6-3-18/h14H,2-13H2,1H3/t14-/m1/s1. The van der Waals surface area contributed by atoms with Crippen LogP contribution in [0.15, 0.2) is 0 Å². The molecule has 3 amide bonds. The van der Waals surface area contributed by atoms with E-state index >= 15 is 0 Å². The second-order valence-corrected chi connectivity index (χ2v) is 7.59. The molecule has 0 radical (unpaired) electrons. The van der Waals surface area contributed by atoms with E-state index in [4.69, 9.17) is 14.2 Å². The predicted octanol–water partition coefficient (Wildman–Crippen LogP) is -1.32. The first-order chi connectivity index (χ1) is 12.6. The van der Waals surface area contributed by atoms with Crippen molar-refractivity contribution in [1.82, 2.24) is 19.6 Å². The van der Waals surface area contributed by atoms with Crippen LogP contribution in [0.4, 0.5) is 4.79 Å². The lowest BCUT2D eigenvalue weighted by atomic mass is 9.82. The van der Waals surface area contributed by atoms with Gasteiger partial charge in [0, 0.05) is 52.9 Å². The Bertz CT molecular complexity index is 547. The molecule has 1 atom stereocenters. The van der Waals surface area contributed by atoms with Crippen LogP contribution in [0.1, 0.15) is 0 Å². The van der Waals surface area contributed by atoms with E-state index in [1.807, 2.05) is 14.7 Å². The van der Waals surface area contributed by atoms with Crippen molar-refractivity contribution < 1.29 is 23.8 Å². The molecule has 4 rings (SSSR count). The summed E-state index contributed by atoms with van der Waals surface area (Å²) in [6.45, 7) is 7.47. The molecule has 4 heterocycles. The summed E-state index contributed by atoms with van der Waals surface area (Å²) >= 11 is 0. The van der Waals surface area contributed by atoms with Crippen LogP contribution in [0.3, 0.4) is 0 Å². The van der Waals surface area contributed by atoms with Crippen molar-refractivity contribution in [2.75, 3.05) is 86.0 Å². The molecule has 0 aromatic heterocycles. The number of morpholine rings is 2. The molecule has 9 nitrogen and oxygen atoms in total. The number of hydrogen-bond acceptors (Lipinski definition) is 6. The first kappa shape index (κ1) is 18.0. The highest BCUT2D eigenvalue weighted by Crippen LogP contribution is 2.36. The number of piperazine rings is 1. The van der Waals surface area contributed by atoms with Gasteiger partial charge in [-0.1, -0.05) is 0 Å². The quantitative estimate of drug-likeness (QED) is 0.602. The summed E-state index contributed by atoms with van der Waals surface area (Å²) in [7, 11) is 1.54. The van der Waals surface area contributed by atoms with Crippen LogP contribution in [-0.4, -0.2) is 129 Å². The van der Waals surface area contributed by atoms with Crippen LogP contribution in [0.2, 0.25) is 0 Å². The zero-order valence-corrected chi connectivity index (χ0v) is 15.4. The van der Waals surface area contributed by atoms with E-state index in [1.54, 1.807) is 7.11 Å². The number of fused-ring (bicyclic) bond motifs is 2. The summed E-state index contributed by atoms with van der Waals surface area (Å²) in [5, 5.41) is 0. The zero-order chi connectivity index (χ0) is 18.1. The maximum Gasteiger partial charge on any atom is 0.320 e. The molecule has 0 aromatic rings. The smallest absolute Gasteiger partial charge is 0.320 e. The number of hydrogen-bond donors (Lipinski definition) is 0. The Kier molecular flexibility index (Phi) is 5.05. The molecule has 1 spiro atoms. The van der Waals surface area contributed by atoms with Crippen LogP contribution in [0.25, 0.3) is 0 Å². The summed E-state index contributed by atoms with van der Waals surface area (Å²) in [6.07, 6.45) is 0. The van der Waals surface area contributed by atoms with E-state index in [0.29, 0.717) is 65.7 Å². The second kappa shape index (κ2) is 7.30. The molecule has 9 heteroatoms. The summed E-state index contributed by atoms with van der Waals surface area (Å²) in [4.78, 5) is 33.3. The fourth-order valence-corrected chi connectivity index (χ4v) is 4.64. The lowest BCUT2D eigenvalue weighted by Gasteiger charge is -2.63. The van der Waals surface area contributed by atoms with Gasteiger partial charge in [0.2, 0.25) is 5.91 Å². The molecule has 4 aliphatic rings. The Balaban J connectivity index is 1.45. The number of urea groups is 1. The zero-order valence-electron chi connectivity index (χ0n) is 15.4. The van der Waals surface area contributed by atoms with Gasteiger partial charge in [-0.3, -0.25) is 9.69 Å². The number of rotatable bonds is 2. The van der Waals surface area contributed by atoms with E-state index in [0.717, 1.165) is 6.54 Å². The molecule has 0 aliphatic carbocycles. The highest BCUT2D eigenvalue weighted by atomic mass is 16.5. The van der Waals surface area contributed by atoms with E-state index in [2.05, 4.69) is 4.90 Å². The third-order valence-electron chi connectivity index (χ3n) is 5.90. The number of carbonyl (C=O) groups excluding carboxylic acids is 2. The van der Waals surface area contributed by atoms with Crippen molar-refractivity contribution in [3.8, 4) is 0 Å². The maximum atomic E-state index is 12.7. The molecule has 0 bridgehead atoms. The Morgan fingerprint density at radius 3 is 2.42 bits per heavy atom. The van der Waals surface area contributed by atoms with Crippen LogP contribution in [-0.2, 0) is 19.0 Å². The minimum absolute atomic E-state index is 0.00931. The Labute approximate surface area is 153 Å². The summed E-state index contributed by atoms with van der Waals surface area (Å²) in [5.41, 5.74) is -0.155. The van der Waals surface area contributed by atoms with Gasteiger partial charge >= 0.3 is 6.03 Å². The van der Waals surface area contributed by atoms with Crippen molar-refractivity contribution in [2.24, 2.45) is 0 Å². The molecular formula is C17H28N4O5. The first-order valence-electron chi connectivity index (χ1n) is 9.36. The highest BCUT2D eigenvalue weighted by Gasteiger charge is 2.56. The predicted molar refractivity (Wildman–Crippen MR) is 91.9 cm³/mol. The first-order valence-corrected chi connectivity index (χ1v) is 9.36. The lowest BCUT2D eigenvalue weighted by molar-refractivity contribution is -0.171. The summed E-state index contributed by atoms with van der Waals surface area (Å²) in [5.74, 6) is 0.00931. The van der Waals surface area contributed by atoms with Crippen molar-refractivity contribution >= 4 is 11.9 Å². The largest absolute Gasteiger partial charge is 0.378 e. The lowest BCUT2D eigenvalue weighted by Crippen LogP contribution is -2.82. The van der Waals surface area contributed by atoms with E-state index < -0.39 is 0 Å². The molecule has 4 fully saturated rings. The van der Waals surface area contributed by atoms with Crippen molar-refractivity contribution in [3.05, 3.63) is 0 Å². The third-order valence-corrected chi connectivity index (χ3v) is 5.90. The molecule has 146 valence electrons. The minimum atomic E-state index is -0.155. The number of methoxy groups -OCH3 is 1. The Hall–Kier alpha value is -1.42. The highest BCUT2D eigenvalue weighted by molar-refractivity contribution is 5.78. The van der Waals surface area contributed by atoms with E-state index in [-0.39, 0.29) is 30.1 Å². The Morgan fingerprint density at radius 2 is 1.69 bits per heavy atom. The average molecular weight is 368 g/mol. The van der Waals surface area contributed by atoms with E-state index in [9.17, 15) is 9.59 Å². The Morgan fingerprint density at radius 1 is 1.00 bits per heavy atom. The van der Waals surface area contributed by atoms with Gasteiger partial charge in [-0.2, -0.15) is 0 Å². The maximum absolute atomic E-state index is 12.7. The van der Waals surface area contributed by atoms with Crippen molar-refractivity contribution in [1.29, 1.82) is 0 Å². The van der Waals surface area contributed by atoms with Gasteiger partial charge in [0.15, 0.2) is 0 Å². The topological polar surface area (TPSA) is 74.8 Å². The number of nitrogens with zero attached hydrogens (tertiary/aromatic N) is 4. The summed E-state index contributed by atoms with van der Waals surface area (Å²) in [6, 6.07) is 0.281. The van der Waals surface area contributed by atoms with Gasteiger partial charge in [0.1, 0.15) is 6.61 Å². The molecular weight excluding hydrogens is 340 g/mol. The number of likely N-dealkylation sites (tertiary alicyclic amines) is 1. The number of amides is 3. The molecule has 0 unspecified atom stereocenters. The van der Waals surface area contributed by atoms with Crippen LogP contribution < -0.4 is 0 Å². The third kappa shape index (κ3) is 3.17. The van der Waals surface area contributed by atoms with Gasteiger partial charge in [-0.15, -0.1) is 0 Å². The molecule has 0 N–H and O–H groups in total. The molecule has 26 heavy (non-hydrogen) atoms. The monoisotopic (exact) mass is 368 g/mol. The van der Waals surface area contributed by atoms with Crippen molar-refractivity contribution in [2.45, 2.75) is 11.6 Å². The minimum Gasteiger partial charge on any atom is -0.378 e. The van der Waals surface area contributed by atoms with E-state index in [1.165, 1.54) is 0 Å². The van der Waals surface area contributed by atoms with Crippen LogP contribution in [0.5, 0.6) is 0 Å². The summed E-state index contributed by atoms with van der Waals surface area (Å²) < 4.78 is 16.0. The fraction of sp³-hybridized carbons (Fsp3) is 0.882. The number of carbonyl (C=O) groups is 2. The van der Waals surface area contributed by atoms with Crippen molar-refractivity contribution in [3.63, 3.8) is 0 Å². The molecule has 0 saturated carbocycles. The fourth-order valence-electron chi connectivity index (χ4n) is 4.64. The van der Waals surface area contributed by atoms with Gasteiger partial charge in [0.25, 0.3) is 0 Å². The van der Waals surface area contributed by atoms with Gasteiger partial charge in [0.05, 0.1) is 38.0 Å². The molecule has 4 saturated heterocycles. The van der Waals surface area contributed by atoms with Gasteiger partial charge < -0.3 is 28.9 Å². The average Bonchev–Trinajstić information content (AvgIpc) is 2.65. The molecule has 4 aliphatic heterocycles. The SMILES string of the molecule is COCC(=O)N1C[C@@H]2COCCN2C2(C1)CN(C(=O)N1CCOCC1)C2. The van der Waals surface area contributed by atoms with Crippen LogP contribution >= 0.6 is 0 Å². The van der Waals surface area contributed by atoms with Crippen LogP contribution in [0, 0.1) is 0 Å². The normalized spacial score (nSPS) is 28.7. The number of ether oxygens (including phenoxy) is 3. The van der Waals surface area contributed by atoms with Gasteiger partial charge in [-0.05, 0) is 0 Å². The second-order valence-electron chi connectivity index (χ2n) is 7.59. The molecule has 0 aromatic carbocycles.